The zero-order valence-electron chi connectivity index (χ0n) is 9.61. The first-order valence-corrected chi connectivity index (χ1v) is 5.92. The van der Waals surface area contributed by atoms with E-state index in [1.165, 1.54) is 0 Å². The highest BCUT2D eigenvalue weighted by Crippen LogP contribution is 2.13. The molecule has 0 bridgehead atoms. The van der Waals surface area contributed by atoms with Crippen LogP contribution in [0.5, 0.6) is 0 Å². The van der Waals surface area contributed by atoms with E-state index in [2.05, 4.69) is 15.5 Å². The van der Waals surface area contributed by atoms with Crippen LogP contribution >= 0.6 is 11.6 Å². The molecule has 4 nitrogen and oxygen atoms in total. The molecule has 90 valence electrons. The van der Waals surface area contributed by atoms with Crippen molar-refractivity contribution in [3.8, 4) is 0 Å². The van der Waals surface area contributed by atoms with Crippen molar-refractivity contribution in [3.63, 3.8) is 0 Å². The van der Waals surface area contributed by atoms with Crippen molar-refractivity contribution in [2.75, 3.05) is 6.54 Å². The van der Waals surface area contributed by atoms with Crippen molar-refractivity contribution in [1.29, 1.82) is 0 Å². The molecule has 1 aromatic carbocycles. The van der Waals surface area contributed by atoms with Crippen molar-refractivity contribution in [2.45, 2.75) is 19.9 Å². The highest BCUT2D eigenvalue weighted by molar-refractivity contribution is 6.30. The van der Waals surface area contributed by atoms with Crippen LogP contribution in [0.4, 0.5) is 0 Å². The van der Waals surface area contributed by atoms with E-state index in [1.54, 1.807) is 0 Å². The van der Waals surface area contributed by atoms with E-state index in [4.69, 9.17) is 16.1 Å². The molecule has 1 heterocycles. The Balaban J connectivity index is 2.01. The maximum absolute atomic E-state index is 5.91. The summed E-state index contributed by atoms with van der Waals surface area (Å²) in [4.78, 5) is 4.29. The first-order chi connectivity index (χ1) is 8.28. The Labute approximate surface area is 105 Å². The van der Waals surface area contributed by atoms with Gasteiger partial charge < -0.3 is 9.84 Å². The van der Waals surface area contributed by atoms with Gasteiger partial charge in [0.05, 0.1) is 6.54 Å². The molecule has 17 heavy (non-hydrogen) atoms. The Kier molecular flexibility index (Phi) is 4.12. The van der Waals surface area contributed by atoms with Crippen LogP contribution in [0.2, 0.25) is 5.02 Å². The van der Waals surface area contributed by atoms with Crippen LogP contribution in [0.25, 0.3) is 0 Å². The lowest BCUT2D eigenvalue weighted by Crippen LogP contribution is -2.11. The second kappa shape index (κ2) is 5.80. The third-order valence-electron chi connectivity index (χ3n) is 2.29. The molecule has 2 aromatic rings. The summed E-state index contributed by atoms with van der Waals surface area (Å²) in [6.45, 7) is 3.52. The summed E-state index contributed by atoms with van der Waals surface area (Å²) in [5.41, 5.74) is 1.08. The van der Waals surface area contributed by atoms with Gasteiger partial charge in [-0.2, -0.15) is 4.98 Å². The minimum atomic E-state index is 0.610. The summed E-state index contributed by atoms with van der Waals surface area (Å²) in [6.07, 6.45) is 0.635. The quantitative estimate of drug-likeness (QED) is 0.887. The van der Waals surface area contributed by atoms with Gasteiger partial charge in [-0.3, -0.25) is 0 Å². The molecule has 0 radical (unpaired) electrons. The second-order valence-corrected chi connectivity index (χ2v) is 4.13. The van der Waals surface area contributed by atoms with Gasteiger partial charge in [-0.25, -0.2) is 0 Å². The SMILES string of the molecule is CCNCc1nc(Cc2cccc(Cl)c2)no1. The largest absolute Gasteiger partial charge is 0.338 e. The Bertz CT molecular complexity index is 484. The van der Waals surface area contributed by atoms with E-state index in [0.29, 0.717) is 24.7 Å². The van der Waals surface area contributed by atoms with Gasteiger partial charge in [0.1, 0.15) is 0 Å². The second-order valence-electron chi connectivity index (χ2n) is 3.69. The number of rotatable bonds is 5. The molecule has 0 aliphatic rings. The number of aromatic nitrogens is 2. The van der Waals surface area contributed by atoms with Crippen LogP contribution in [-0.2, 0) is 13.0 Å². The van der Waals surface area contributed by atoms with Gasteiger partial charge in [0, 0.05) is 11.4 Å². The van der Waals surface area contributed by atoms with Crippen molar-refractivity contribution in [2.24, 2.45) is 0 Å². The third kappa shape index (κ3) is 3.54. The van der Waals surface area contributed by atoms with Gasteiger partial charge in [0.25, 0.3) is 0 Å². The average Bonchev–Trinajstić information content (AvgIpc) is 2.74. The topological polar surface area (TPSA) is 51.0 Å². The first kappa shape index (κ1) is 12.1. The molecule has 0 spiro atoms. The van der Waals surface area contributed by atoms with Gasteiger partial charge in [0.15, 0.2) is 5.82 Å². The van der Waals surface area contributed by atoms with Gasteiger partial charge >= 0.3 is 0 Å². The number of benzene rings is 1. The minimum absolute atomic E-state index is 0.610. The molecule has 0 atom stereocenters. The van der Waals surface area contributed by atoms with Crippen molar-refractivity contribution in [3.05, 3.63) is 46.6 Å². The lowest BCUT2D eigenvalue weighted by Gasteiger charge is -1.96. The molecule has 2 rings (SSSR count). The van der Waals surface area contributed by atoms with Gasteiger partial charge in [-0.1, -0.05) is 35.8 Å². The van der Waals surface area contributed by atoms with Crippen molar-refractivity contribution in [1.82, 2.24) is 15.5 Å². The fraction of sp³-hybridized carbons (Fsp3) is 0.333. The average molecular weight is 252 g/mol. The molecule has 0 amide bonds. The van der Waals surface area contributed by atoms with Crippen LogP contribution in [0.3, 0.4) is 0 Å². The minimum Gasteiger partial charge on any atom is -0.338 e. The molecular weight excluding hydrogens is 238 g/mol. The maximum Gasteiger partial charge on any atom is 0.240 e. The molecule has 0 unspecified atom stereocenters. The van der Waals surface area contributed by atoms with E-state index < -0.39 is 0 Å². The lowest BCUT2D eigenvalue weighted by molar-refractivity contribution is 0.365. The van der Waals surface area contributed by atoms with E-state index >= 15 is 0 Å². The van der Waals surface area contributed by atoms with Crippen molar-refractivity contribution < 1.29 is 4.52 Å². The molecule has 5 heteroatoms. The van der Waals surface area contributed by atoms with Crippen molar-refractivity contribution >= 4 is 11.6 Å². The zero-order valence-corrected chi connectivity index (χ0v) is 10.4. The number of nitrogens with zero attached hydrogens (tertiary/aromatic N) is 2. The number of halogens is 1. The summed E-state index contributed by atoms with van der Waals surface area (Å²) >= 11 is 5.91. The highest BCUT2D eigenvalue weighted by Gasteiger charge is 2.06. The standard InChI is InChI=1S/C12H14ClN3O/c1-2-14-8-12-15-11(16-17-12)7-9-4-3-5-10(13)6-9/h3-6,14H,2,7-8H2,1H3. The molecule has 0 saturated carbocycles. The van der Waals surface area contributed by atoms with E-state index in [1.807, 2.05) is 31.2 Å². The summed E-state index contributed by atoms with van der Waals surface area (Å²) in [6, 6.07) is 7.66. The smallest absolute Gasteiger partial charge is 0.240 e. The molecule has 0 aliphatic carbocycles. The van der Waals surface area contributed by atoms with E-state index in [0.717, 1.165) is 17.1 Å². The Morgan fingerprint density at radius 1 is 1.41 bits per heavy atom. The third-order valence-corrected chi connectivity index (χ3v) is 2.52. The van der Waals surface area contributed by atoms with Crippen LogP contribution in [-0.4, -0.2) is 16.7 Å². The lowest BCUT2D eigenvalue weighted by atomic mass is 10.1. The summed E-state index contributed by atoms with van der Waals surface area (Å²) in [7, 11) is 0. The fourth-order valence-corrected chi connectivity index (χ4v) is 1.71. The summed E-state index contributed by atoms with van der Waals surface area (Å²) < 4.78 is 5.11. The number of hydrogen-bond acceptors (Lipinski definition) is 4. The molecule has 0 saturated heterocycles. The molecule has 0 fully saturated rings. The maximum atomic E-state index is 5.91. The van der Waals surface area contributed by atoms with E-state index in [9.17, 15) is 0 Å². The van der Waals surface area contributed by atoms with Crippen LogP contribution in [0.1, 0.15) is 24.2 Å². The first-order valence-electron chi connectivity index (χ1n) is 5.54. The molecule has 1 aromatic heterocycles. The highest BCUT2D eigenvalue weighted by atomic mass is 35.5. The van der Waals surface area contributed by atoms with Crippen LogP contribution in [0.15, 0.2) is 28.8 Å². The van der Waals surface area contributed by atoms with E-state index in [-0.39, 0.29) is 0 Å². The number of nitrogens with one attached hydrogen (secondary N) is 1. The van der Waals surface area contributed by atoms with Crippen LogP contribution < -0.4 is 5.32 Å². The Morgan fingerprint density at radius 2 is 2.29 bits per heavy atom. The van der Waals surface area contributed by atoms with Crippen LogP contribution in [0, 0.1) is 0 Å². The zero-order chi connectivity index (χ0) is 12.1. The normalized spacial score (nSPS) is 10.7. The predicted octanol–water partition coefficient (Wildman–Crippen LogP) is 2.42. The molecule has 1 N–H and O–H groups in total. The molecule has 0 aliphatic heterocycles. The number of hydrogen-bond donors (Lipinski definition) is 1. The Hall–Kier alpha value is -1.39. The fourth-order valence-electron chi connectivity index (χ4n) is 1.50. The van der Waals surface area contributed by atoms with Gasteiger partial charge in [-0.15, -0.1) is 0 Å². The monoisotopic (exact) mass is 251 g/mol. The van der Waals surface area contributed by atoms with Gasteiger partial charge in [0.2, 0.25) is 5.89 Å². The summed E-state index contributed by atoms with van der Waals surface area (Å²) in [5.74, 6) is 1.30. The Morgan fingerprint density at radius 3 is 3.06 bits per heavy atom. The summed E-state index contributed by atoms with van der Waals surface area (Å²) in [5, 5.41) is 7.78. The molecular formula is C12H14ClN3O. The predicted molar refractivity (Wildman–Crippen MR) is 65.9 cm³/mol. The van der Waals surface area contributed by atoms with Gasteiger partial charge in [-0.05, 0) is 24.2 Å².